The molecule has 3 aromatic rings. The van der Waals surface area contributed by atoms with Gasteiger partial charge in [0.1, 0.15) is 6.07 Å². The number of benzene rings is 2. The molecular weight excluding hydrogens is 368 g/mol. The summed E-state index contributed by atoms with van der Waals surface area (Å²) in [5.41, 5.74) is 3.57. The monoisotopic (exact) mass is 388 g/mol. The first-order valence-electron chi connectivity index (χ1n) is 9.16. The van der Waals surface area contributed by atoms with Crippen LogP contribution < -0.4 is 19.7 Å². The molecule has 1 aromatic heterocycles. The van der Waals surface area contributed by atoms with Crippen molar-refractivity contribution in [2.75, 3.05) is 31.0 Å². The largest absolute Gasteiger partial charge is 0.493 e. The lowest BCUT2D eigenvalue weighted by atomic mass is 9.99. The molecule has 0 radical (unpaired) electrons. The zero-order valence-corrected chi connectivity index (χ0v) is 16.2. The maximum absolute atomic E-state index is 9.25. The zero-order chi connectivity index (χ0) is 20.2. The number of nitrogens with zero attached hydrogens (tertiary/aromatic N) is 5. The van der Waals surface area contributed by atoms with Crippen LogP contribution in [0.25, 0.3) is 0 Å². The van der Waals surface area contributed by atoms with Crippen LogP contribution >= 0.6 is 0 Å². The number of fused-ring (bicyclic) bond motifs is 1. The molecule has 0 amide bonds. The third kappa shape index (κ3) is 3.75. The molecule has 1 aliphatic heterocycles. The van der Waals surface area contributed by atoms with Gasteiger partial charge in [-0.2, -0.15) is 15.3 Å². The number of hydrogen-bond acceptors (Lipinski definition) is 8. The predicted molar refractivity (Wildman–Crippen MR) is 109 cm³/mol. The van der Waals surface area contributed by atoms with Crippen LogP contribution in [-0.4, -0.2) is 35.9 Å². The number of ether oxygens (including phenoxy) is 2. The number of para-hydroxylation sites is 1. The minimum absolute atomic E-state index is 0.350. The Morgan fingerprint density at radius 2 is 1.86 bits per heavy atom. The van der Waals surface area contributed by atoms with E-state index in [0.717, 1.165) is 30.1 Å². The molecule has 8 heteroatoms. The van der Waals surface area contributed by atoms with Crippen molar-refractivity contribution in [3.05, 3.63) is 59.3 Å². The van der Waals surface area contributed by atoms with Crippen LogP contribution in [0.5, 0.6) is 11.5 Å². The highest BCUT2D eigenvalue weighted by atomic mass is 16.5. The molecule has 0 aliphatic carbocycles. The predicted octanol–water partition coefficient (Wildman–Crippen LogP) is 3.07. The third-order valence-corrected chi connectivity index (χ3v) is 4.88. The summed E-state index contributed by atoms with van der Waals surface area (Å²) >= 11 is 0. The Balaban J connectivity index is 1.57. The van der Waals surface area contributed by atoms with Crippen molar-refractivity contribution in [3.8, 4) is 17.6 Å². The van der Waals surface area contributed by atoms with Gasteiger partial charge in [-0.1, -0.05) is 12.1 Å². The molecule has 146 valence electrons. The Hall–Kier alpha value is -3.86. The quantitative estimate of drug-likeness (QED) is 0.712. The smallest absolute Gasteiger partial charge is 0.249 e. The highest BCUT2D eigenvalue weighted by Gasteiger charge is 2.21. The first-order chi connectivity index (χ1) is 14.2. The summed E-state index contributed by atoms with van der Waals surface area (Å²) < 4.78 is 10.8. The van der Waals surface area contributed by atoms with Gasteiger partial charge in [-0.3, -0.25) is 0 Å². The second kappa shape index (κ2) is 8.02. The van der Waals surface area contributed by atoms with Gasteiger partial charge >= 0.3 is 0 Å². The lowest BCUT2D eigenvalue weighted by Crippen LogP contribution is -2.31. The normalized spacial score (nSPS) is 12.7. The molecule has 0 spiro atoms. The Kier molecular flexibility index (Phi) is 5.12. The van der Waals surface area contributed by atoms with Gasteiger partial charge in [0.05, 0.1) is 31.7 Å². The van der Waals surface area contributed by atoms with E-state index >= 15 is 0 Å². The van der Waals surface area contributed by atoms with Crippen LogP contribution in [0.3, 0.4) is 0 Å². The maximum Gasteiger partial charge on any atom is 0.249 e. The van der Waals surface area contributed by atoms with E-state index in [-0.39, 0.29) is 0 Å². The van der Waals surface area contributed by atoms with E-state index in [0.29, 0.717) is 29.5 Å². The summed E-state index contributed by atoms with van der Waals surface area (Å²) in [6.07, 6.45) is 2.51. The number of methoxy groups -OCH3 is 2. The molecular formula is C21H20N6O2. The third-order valence-electron chi connectivity index (χ3n) is 4.88. The molecule has 0 saturated carbocycles. The van der Waals surface area contributed by atoms with Gasteiger partial charge in [0.2, 0.25) is 5.95 Å². The summed E-state index contributed by atoms with van der Waals surface area (Å²) in [4.78, 5) is 6.74. The second-order valence-corrected chi connectivity index (χ2v) is 6.57. The highest BCUT2D eigenvalue weighted by molar-refractivity contribution is 5.63. The second-order valence-electron chi connectivity index (χ2n) is 6.57. The van der Waals surface area contributed by atoms with E-state index in [4.69, 9.17) is 9.47 Å². The molecule has 2 heterocycles. The van der Waals surface area contributed by atoms with Gasteiger partial charge in [-0.05, 0) is 41.8 Å². The van der Waals surface area contributed by atoms with Gasteiger partial charge in [-0.25, -0.2) is 0 Å². The van der Waals surface area contributed by atoms with Gasteiger partial charge in [0, 0.05) is 13.1 Å². The minimum atomic E-state index is 0.350. The average molecular weight is 388 g/mol. The Bertz CT molecular complexity index is 1080. The summed E-state index contributed by atoms with van der Waals surface area (Å²) in [7, 11) is 3.28. The van der Waals surface area contributed by atoms with Crippen LogP contribution in [0.1, 0.15) is 16.7 Å². The van der Waals surface area contributed by atoms with Gasteiger partial charge in [0.15, 0.2) is 17.3 Å². The molecule has 4 rings (SSSR count). The van der Waals surface area contributed by atoms with E-state index in [1.165, 1.54) is 5.56 Å². The molecule has 0 bridgehead atoms. The van der Waals surface area contributed by atoms with E-state index in [1.54, 1.807) is 26.5 Å². The van der Waals surface area contributed by atoms with Crippen molar-refractivity contribution < 1.29 is 9.47 Å². The first kappa shape index (κ1) is 18.5. The number of aromatic nitrogens is 3. The molecule has 1 aliphatic rings. The molecule has 0 unspecified atom stereocenters. The molecule has 0 atom stereocenters. The lowest BCUT2D eigenvalue weighted by molar-refractivity contribution is 0.353. The number of anilines is 3. The van der Waals surface area contributed by atoms with E-state index in [9.17, 15) is 5.26 Å². The van der Waals surface area contributed by atoms with Crippen LogP contribution in [0.15, 0.2) is 42.6 Å². The van der Waals surface area contributed by atoms with Crippen LogP contribution in [0, 0.1) is 11.3 Å². The first-order valence-corrected chi connectivity index (χ1v) is 9.16. The maximum atomic E-state index is 9.25. The Morgan fingerprint density at radius 1 is 1.10 bits per heavy atom. The molecule has 8 nitrogen and oxygen atoms in total. The Morgan fingerprint density at radius 3 is 2.62 bits per heavy atom. The van der Waals surface area contributed by atoms with E-state index in [1.807, 2.05) is 30.3 Å². The fourth-order valence-electron chi connectivity index (χ4n) is 3.39. The molecule has 0 fully saturated rings. The summed E-state index contributed by atoms with van der Waals surface area (Å²) in [5, 5.41) is 20.5. The topological polar surface area (TPSA) is 96.2 Å². The minimum Gasteiger partial charge on any atom is -0.493 e. The van der Waals surface area contributed by atoms with Crippen molar-refractivity contribution in [1.29, 1.82) is 5.26 Å². The number of hydrogen-bond donors (Lipinski definition) is 1. The molecule has 2 aromatic carbocycles. The highest BCUT2D eigenvalue weighted by Crippen LogP contribution is 2.34. The van der Waals surface area contributed by atoms with Crippen LogP contribution in [0.4, 0.5) is 17.5 Å². The summed E-state index contributed by atoms with van der Waals surface area (Å²) in [5.74, 6) is 2.52. The SMILES string of the molecule is COc1cc2c(cc1OC)CN(c1cnnc(Nc3ccccc3C#N)n1)CC2. The summed E-state index contributed by atoms with van der Waals surface area (Å²) in [6.45, 7) is 1.48. The van der Waals surface area contributed by atoms with Crippen molar-refractivity contribution in [2.45, 2.75) is 13.0 Å². The van der Waals surface area contributed by atoms with Gasteiger partial charge < -0.3 is 19.7 Å². The van der Waals surface area contributed by atoms with E-state index in [2.05, 4.69) is 31.5 Å². The Labute approximate surface area is 168 Å². The molecule has 29 heavy (non-hydrogen) atoms. The summed E-state index contributed by atoms with van der Waals surface area (Å²) in [6, 6.07) is 13.4. The number of rotatable bonds is 5. The lowest BCUT2D eigenvalue weighted by Gasteiger charge is -2.30. The zero-order valence-electron chi connectivity index (χ0n) is 16.2. The fraction of sp³-hybridized carbons (Fsp3) is 0.238. The standard InChI is InChI=1S/C21H20N6O2/c1-28-18-9-14-7-8-27(13-16(14)10-19(18)29-2)20-12-23-26-21(25-20)24-17-6-4-3-5-15(17)11-22/h3-6,9-10,12H,7-8,13H2,1-2H3,(H,24,25,26). The van der Waals surface area contributed by atoms with Crippen molar-refractivity contribution in [1.82, 2.24) is 15.2 Å². The van der Waals surface area contributed by atoms with Crippen molar-refractivity contribution >= 4 is 17.5 Å². The van der Waals surface area contributed by atoms with Crippen LogP contribution in [0.2, 0.25) is 0 Å². The molecule has 1 N–H and O–H groups in total. The van der Waals surface area contributed by atoms with Crippen molar-refractivity contribution in [2.24, 2.45) is 0 Å². The fourth-order valence-corrected chi connectivity index (χ4v) is 3.39. The van der Waals surface area contributed by atoms with Crippen LogP contribution in [-0.2, 0) is 13.0 Å². The van der Waals surface area contributed by atoms with Gasteiger partial charge in [0.25, 0.3) is 0 Å². The van der Waals surface area contributed by atoms with Crippen molar-refractivity contribution in [3.63, 3.8) is 0 Å². The average Bonchev–Trinajstić information content (AvgIpc) is 2.78. The van der Waals surface area contributed by atoms with E-state index < -0.39 is 0 Å². The molecule has 0 saturated heterocycles. The number of nitrogens with one attached hydrogen (secondary N) is 1. The number of nitriles is 1. The van der Waals surface area contributed by atoms with Gasteiger partial charge in [-0.15, -0.1) is 5.10 Å².